The highest BCUT2D eigenvalue weighted by atomic mass is 16.5. The van der Waals surface area contributed by atoms with Crippen molar-refractivity contribution in [3.63, 3.8) is 0 Å². The van der Waals surface area contributed by atoms with Crippen LogP contribution in [0.5, 0.6) is 0 Å². The lowest BCUT2D eigenvalue weighted by atomic mass is 10.0. The van der Waals surface area contributed by atoms with Gasteiger partial charge in [0.15, 0.2) is 0 Å². The molecule has 1 aliphatic carbocycles. The molecule has 1 saturated carbocycles. The topological polar surface area (TPSA) is 29.5 Å². The first-order chi connectivity index (χ1) is 4.61. The molecule has 0 amide bonds. The van der Waals surface area contributed by atoms with E-state index in [9.17, 15) is 5.11 Å². The summed E-state index contributed by atoms with van der Waals surface area (Å²) in [7, 11) is 0. The third kappa shape index (κ3) is 1.18. The van der Waals surface area contributed by atoms with Crippen molar-refractivity contribution in [1.82, 2.24) is 0 Å². The van der Waals surface area contributed by atoms with Crippen LogP contribution >= 0.6 is 0 Å². The molecule has 0 spiro atoms. The lowest BCUT2D eigenvalue weighted by Crippen LogP contribution is -2.19. The first kappa shape index (κ1) is 8.02. The number of aliphatic hydroxyl groups is 1. The highest BCUT2D eigenvalue weighted by Gasteiger charge is 2.54. The van der Waals surface area contributed by atoms with E-state index < -0.39 is 0 Å². The maximum Gasteiger partial charge on any atom is 0.0661 e. The molecule has 0 aromatic rings. The summed E-state index contributed by atoms with van der Waals surface area (Å²) >= 11 is 0. The van der Waals surface area contributed by atoms with Gasteiger partial charge < -0.3 is 9.84 Å². The summed E-state index contributed by atoms with van der Waals surface area (Å²) in [5.74, 6) is 0. The Morgan fingerprint density at radius 1 is 1.80 bits per heavy atom. The number of rotatable bonds is 3. The Morgan fingerprint density at radius 2 is 2.40 bits per heavy atom. The van der Waals surface area contributed by atoms with E-state index in [4.69, 9.17) is 4.74 Å². The minimum Gasteiger partial charge on any atom is -0.393 e. The molecule has 60 valence electrons. The van der Waals surface area contributed by atoms with Crippen LogP contribution in [0.3, 0.4) is 0 Å². The lowest BCUT2D eigenvalue weighted by Gasteiger charge is -2.13. The van der Waals surface area contributed by atoms with E-state index in [1.54, 1.807) is 0 Å². The van der Waals surface area contributed by atoms with Gasteiger partial charge in [-0.3, -0.25) is 0 Å². The van der Waals surface area contributed by atoms with Crippen molar-refractivity contribution >= 4 is 0 Å². The van der Waals surface area contributed by atoms with Crippen molar-refractivity contribution in [3.8, 4) is 0 Å². The fraction of sp³-hybridized carbons (Fsp3) is 1.00. The molecular formula is C8H16O2. The molecule has 2 nitrogen and oxygen atoms in total. The van der Waals surface area contributed by atoms with E-state index >= 15 is 0 Å². The number of hydrogen-bond acceptors (Lipinski definition) is 2. The van der Waals surface area contributed by atoms with Gasteiger partial charge in [0.25, 0.3) is 0 Å². The van der Waals surface area contributed by atoms with E-state index in [2.05, 4.69) is 6.92 Å². The van der Waals surface area contributed by atoms with Crippen molar-refractivity contribution in [3.05, 3.63) is 0 Å². The van der Waals surface area contributed by atoms with Crippen LogP contribution in [-0.2, 0) is 4.74 Å². The number of ether oxygens (including phenoxy) is 1. The lowest BCUT2D eigenvalue weighted by molar-refractivity contribution is 0.0471. The highest BCUT2D eigenvalue weighted by molar-refractivity contribution is 5.03. The average Bonchev–Trinajstić information content (AvgIpc) is 2.45. The second-order valence-corrected chi connectivity index (χ2v) is 3.33. The standard InChI is InChI=1S/C8H16O2/c1-4-10-7-5-8(7,3)6(2)9/h6-7,9H,4-5H2,1-3H3/t6-,7-,8+/m1/s1. The van der Waals surface area contributed by atoms with Crippen LogP contribution in [0.1, 0.15) is 27.2 Å². The van der Waals surface area contributed by atoms with E-state index in [1.807, 2.05) is 13.8 Å². The molecule has 0 radical (unpaired) electrons. The molecule has 1 fully saturated rings. The third-order valence-corrected chi connectivity index (χ3v) is 2.52. The summed E-state index contributed by atoms with van der Waals surface area (Å²) in [4.78, 5) is 0. The van der Waals surface area contributed by atoms with Crippen molar-refractivity contribution in [1.29, 1.82) is 0 Å². The minimum atomic E-state index is -0.232. The molecule has 0 aromatic heterocycles. The quantitative estimate of drug-likeness (QED) is 0.644. The zero-order valence-corrected chi connectivity index (χ0v) is 6.92. The summed E-state index contributed by atoms with van der Waals surface area (Å²) in [6, 6.07) is 0. The third-order valence-electron chi connectivity index (χ3n) is 2.52. The summed E-state index contributed by atoms with van der Waals surface area (Å²) in [5.41, 5.74) is 0.0516. The average molecular weight is 144 g/mol. The second-order valence-electron chi connectivity index (χ2n) is 3.33. The highest BCUT2D eigenvalue weighted by Crippen LogP contribution is 2.50. The summed E-state index contributed by atoms with van der Waals surface area (Å²) in [6.45, 7) is 6.64. The van der Waals surface area contributed by atoms with Gasteiger partial charge in [-0.25, -0.2) is 0 Å². The Kier molecular flexibility index (Phi) is 2.02. The largest absolute Gasteiger partial charge is 0.393 e. The molecule has 1 rings (SSSR count). The maximum atomic E-state index is 9.27. The molecule has 0 aromatic carbocycles. The van der Waals surface area contributed by atoms with Gasteiger partial charge in [0.1, 0.15) is 0 Å². The molecule has 10 heavy (non-hydrogen) atoms. The van der Waals surface area contributed by atoms with Crippen LogP contribution in [0.25, 0.3) is 0 Å². The minimum absolute atomic E-state index is 0.0516. The van der Waals surface area contributed by atoms with Crippen molar-refractivity contribution in [2.24, 2.45) is 5.41 Å². The van der Waals surface area contributed by atoms with Gasteiger partial charge >= 0.3 is 0 Å². The van der Waals surface area contributed by atoms with Crippen LogP contribution in [0.4, 0.5) is 0 Å². The summed E-state index contributed by atoms with van der Waals surface area (Å²) in [6.07, 6.45) is 1.08. The van der Waals surface area contributed by atoms with Crippen LogP contribution in [0.15, 0.2) is 0 Å². The predicted octanol–water partition coefficient (Wildman–Crippen LogP) is 1.18. The van der Waals surface area contributed by atoms with Crippen LogP contribution < -0.4 is 0 Å². The molecule has 0 saturated heterocycles. The van der Waals surface area contributed by atoms with Crippen molar-refractivity contribution in [2.45, 2.75) is 39.4 Å². The van der Waals surface area contributed by atoms with E-state index in [0.717, 1.165) is 13.0 Å². The van der Waals surface area contributed by atoms with Gasteiger partial charge in [0, 0.05) is 12.0 Å². The Labute approximate surface area is 62.2 Å². The first-order valence-corrected chi connectivity index (χ1v) is 3.91. The summed E-state index contributed by atoms with van der Waals surface area (Å²) in [5, 5.41) is 9.27. The monoisotopic (exact) mass is 144 g/mol. The van der Waals surface area contributed by atoms with E-state index in [1.165, 1.54) is 0 Å². The van der Waals surface area contributed by atoms with Crippen LogP contribution in [-0.4, -0.2) is 23.9 Å². The van der Waals surface area contributed by atoms with Gasteiger partial charge in [-0.15, -0.1) is 0 Å². The van der Waals surface area contributed by atoms with Crippen molar-refractivity contribution in [2.75, 3.05) is 6.61 Å². The molecule has 0 heterocycles. The Morgan fingerprint density at radius 3 is 2.70 bits per heavy atom. The fourth-order valence-corrected chi connectivity index (χ4v) is 1.23. The Bertz CT molecular complexity index is 122. The van der Waals surface area contributed by atoms with Crippen molar-refractivity contribution < 1.29 is 9.84 Å². The zero-order valence-electron chi connectivity index (χ0n) is 6.92. The molecule has 1 aliphatic rings. The summed E-state index contributed by atoms with van der Waals surface area (Å²) < 4.78 is 5.37. The molecule has 3 atom stereocenters. The normalized spacial score (nSPS) is 41.4. The van der Waals surface area contributed by atoms with E-state index in [0.29, 0.717) is 6.10 Å². The predicted molar refractivity (Wildman–Crippen MR) is 39.8 cm³/mol. The molecule has 2 heteroatoms. The van der Waals surface area contributed by atoms with Crippen LogP contribution in [0.2, 0.25) is 0 Å². The Balaban J connectivity index is 2.33. The van der Waals surface area contributed by atoms with Gasteiger partial charge in [-0.05, 0) is 20.3 Å². The second kappa shape index (κ2) is 2.51. The zero-order chi connectivity index (χ0) is 7.78. The molecular weight excluding hydrogens is 128 g/mol. The SMILES string of the molecule is CCO[C@@H]1C[C@@]1(C)[C@@H](C)O. The van der Waals surface area contributed by atoms with Crippen LogP contribution in [0, 0.1) is 5.41 Å². The smallest absolute Gasteiger partial charge is 0.0661 e. The Hall–Kier alpha value is -0.0800. The molecule has 0 bridgehead atoms. The number of hydrogen-bond donors (Lipinski definition) is 1. The maximum absolute atomic E-state index is 9.27. The first-order valence-electron chi connectivity index (χ1n) is 3.91. The van der Waals surface area contributed by atoms with E-state index in [-0.39, 0.29) is 11.5 Å². The van der Waals surface area contributed by atoms with Gasteiger partial charge in [-0.1, -0.05) is 6.92 Å². The fourth-order valence-electron chi connectivity index (χ4n) is 1.23. The molecule has 0 aliphatic heterocycles. The van der Waals surface area contributed by atoms with Gasteiger partial charge in [0.05, 0.1) is 12.2 Å². The number of aliphatic hydroxyl groups excluding tert-OH is 1. The van der Waals surface area contributed by atoms with Gasteiger partial charge in [-0.2, -0.15) is 0 Å². The van der Waals surface area contributed by atoms with Gasteiger partial charge in [0.2, 0.25) is 0 Å². The molecule has 1 N–H and O–H groups in total. The molecule has 0 unspecified atom stereocenters.